The average Bonchev–Trinajstić information content (AvgIpc) is 3.06. The van der Waals surface area contributed by atoms with E-state index in [1.807, 2.05) is 24.0 Å². The molecule has 0 unspecified atom stereocenters. The lowest BCUT2D eigenvalue weighted by Crippen LogP contribution is -2.50. The number of hydrogen-bond acceptors (Lipinski definition) is 9. The second-order valence-corrected chi connectivity index (χ2v) is 10.8. The topological polar surface area (TPSA) is 143 Å². The highest BCUT2D eigenvalue weighted by atomic mass is 16.5. The van der Waals surface area contributed by atoms with Crippen molar-refractivity contribution in [2.24, 2.45) is 0 Å². The number of anilines is 2. The Morgan fingerprint density at radius 3 is 2.43 bits per heavy atom. The SMILES string of the molecule is CCc1nc2cc(OCCCN3CCNCC3)c(OC)cc2c(N2CCN(C(=O)Nc3ccc(C#N)cc3)CC2)c1C(=O)O. The number of fused-ring (bicyclic) bond motifs is 1. The van der Waals surface area contributed by atoms with E-state index in [1.54, 1.807) is 36.3 Å². The van der Waals surface area contributed by atoms with Crippen LogP contribution >= 0.6 is 0 Å². The van der Waals surface area contributed by atoms with Gasteiger partial charge in [-0.25, -0.2) is 9.59 Å². The number of nitrogens with zero attached hydrogens (tertiary/aromatic N) is 5. The fraction of sp³-hybridized carbons (Fsp3) is 0.438. The minimum Gasteiger partial charge on any atom is -0.493 e. The number of aryl methyl sites for hydroxylation is 1. The number of carbonyl (C=O) groups excluding carboxylic acids is 1. The normalized spacial score (nSPS) is 15.6. The highest BCUT2D eigenvalue weighted by Gasteiger charge is 2.29. The summed E-state index contributed by atoms with van der Waals surface area (Å²) in [6, 6.07) is 12.2. The van der Waals surface area contributed by atoms with E-state index >= 15 is 0 Å². The molecule has 12 heteroatoms. The number of carboxylic acid groups (broad SMARTS) is 1. The van der Waals surface area contributed by atoms with Crippen LogP contribution in [0.5, 0.6) is 11.5 Å². The Kier molecular flexibility index (Phi) is 9.99. The summed E-state index contributed by atoms with van der Waals surface area (Å²) in [5.41, 5.74) is 3.00. The number of amides is 2. The van der Waals surface area contributed by atoms with E-state index in [4.69, 9.17) is 19.7 Å². The number of urea groups is 1. The van der Waals surface area contributed by atoms with Crippen molar-refractivity contribution in [3.8, 4) is 17.6 Å². The number of nitriles is 1. The first-order valence-electron chi connectivity index (χ1n) is 15.1. The van der Waals surface area contributed by atoms with Gasteiger partial charge in [-0.3, -0.25) is 4.98 Å². The molecule has 0 bridgehead atoms. The van der Waals surface area contributed by atoms with Gasteiger partial charge in [-0.05, 0) is 43.2 Å². The molecule has 0 saturated carbocycles. The van der Waals surface area contributed by atoms with Crippen molar-refractivity contribution in [3.05, 3.63) is 53.2 Å². The predicted molar refractivity (Wildman–Crippen MR) is 168 cm³/mol. The van der Waals surface area contributed by atoms with Crippen molar-refractivity contribution < 1.29 is 24.2 Å². The molecule has 3 heterocycles. The van der Waals surface area contributed by atoms with Gasteiger partial charge in [0.05, 0.1) is 42.2 Å². The van der Waals surface area contributed by atoms with E-state index in [0.29, 0.717) is 84.2 Å². The van der Waals surface area contributed by atoms with Gasteiger partial charge in [-0.15, -0.1) is 0 Å². The van der Waals surface area contributed by atoms with Crippen LogP contribution in [0.15, 0.2) is 36.4 Å². The molecular weight excluding hydrogens is 562 g/mol. The van der Waals surface area contributed by atoms with Crippen LogP contribution in [0.2, 0.25) is 0 Å². The molecule has 3 N–H and O–H groups in total. The van der Waals surface area contributed by atoms with Gasteiger partial charge in [0.1, 0.15) is 5.56 Å². The van der Waals surface area contributed by atoms with Crippen molar-refractivity contribution in [1.29, 1.82) is 5.26 Å². The smallest absolute Gasteiger partial charge is 0.339 e. The predicted octanol–water partition coefficient (Wildman–Crippen LogP) is 3.40. The number of piperazine rings is 2. The summed E-state index contributed by atoms with van der Waals surface area (Å²) in [5.74, 6) is 0.0522. The molecule has 12 nitrogen and oxygen atoms in total. The minimum atomic E-state index is -1.04. The Hall–Kier alpha value is -4.60. The molecule has 0 radical (unpaired) electrons. The van der Waals surface area contributed by atoms with Crippen LogP contribution in [0, 0.1) is 11.3 Å². The van der Waals surface area contributed by atoms with Crippen LogP contribution < -0.4 is 25.0 Å². The number of ether oxygens (including phenoxy) is 2. The monoisotopic (exact) mass is 601 g/mol. The quantitative estimate of drug-likeness (QED) is 0.296. The Labute approximate surface area is 257 Å². The molecule has 44 heavy (non-hydrogen) atoms. The number of aromatic carboxylic acids is 1. The maximum Gasteiger partial charge on any atom is 0.339 e. The van der Waals surface area contributed by atoms with Crippen LogP contribution in [0.25, 0.3) is 10.9 Å². The van der Waals surface area contributed by atoms with Crippen LogP contribution in [0.3, 0.4) is 0 Å². The second-order valence-electron chi connectivity index (χ2n) is 10.8. The Morgan fingerprint density at radius 2 is 1.80 bits per heavy atom. The van der Waals surface area contributed by atoms with Crippen molar-refractivity contribution >= 4 is 34.3 Å². The third-order valence-corrected chi connectivity index (χ3v) is 8.10. The van der Waals surface area contributed by atoms with E-state index in [2.05, 4.69) is 21.6 Å². The first-order chi connectivity index (χ1) is 21.4. The molecule has 0 spiro atoms. The van der Waals surface area contributed by atoms with Gasteiger partial charge in [-0.1, -0.05) is 6.92 Å². The summed E-state index contributed by atoms with van der Waals surface area (Å²) in [6.07, 6.45) is 1.32. The molecule has 232 valence electrons. The third-order valence-electron chi connectivity index (χ3n) is 8.10. The van der Waals surface area contributed by atoms with Gasteiger partial charge in [0.25, 0.3) is 0 Å². The molecule has 1 aromatic heterocycles. The molecule has 0 atom stereocenters. The highest BCUT2D eigenvalue weighted by molar-refractivity contribution is 6.06. The molecule has 0 aliphatic carbocycles. The van der Waals surface area contributed by atoms with Gasteiger partial charge >= 0.3 is 12.0 Å². The number of benzene rings is 2. The van der Waals surface area contributed by atoms with Gasteiger partial charge in [0.15, 0.2) is 11.5 Å². The number of nitrogens with one attached hydrogen (secondary N) is 2. The number of hydrogen-bond donors (Lipinski definition) is 3. The molecule has 5 rings (SSSR count). The van der Waals surface area contributed by atoms with E-state index in [1.165, 1.54) is 0 Å². The third kappa shape index (κ3) is 6.96. The zero-order valence-corrected chi connectivity index (χ0v) is 25.3. The molecular formula is C32H39N7O5. The summed E-state index contributed by atoms with van der Waals surface area (Å²) in [4.78, 5) is 36.5. The zero-order valence-electron chi connectivity index (χ0n) is 25.3. The first kappa shape index (κ1) is 30.8. The zero-order chi connectivity index (χ0) is 31.1. The maximum atomic E-state index is 13.0. The van der Waals surface area contributed by atoms with Gasteiger partial charge in [0.2, 0.25) is 0 Å². The number of pyridine rings is 1. The van der Waals surface area contributed by atoms with Crippen LogP contribution in [0.4, 0.5) is 16.2 Å². The summed E-state index contributed by atoms with van der Waals surface area (Å²) in [5, 5.41) is 26.2. The minimum absolute atomic E-state index is 0.169. The Morgan fingerprint density at radius 1 is 1.07 bits per heavy atom. The van der Waals surface area contributed by atoms with E-state index in [9.17, 15) is 14.7 Å². The van der Waals surface area contributed by atoms with Crippen molar-refractivity contribution in [2.75, 3.05) is 82.8 Å². The van der Waals surface area contributed by atoms with E-state index < -0.39 is 5.97 Å². The van der Waals surface area contributed by atoms with Gasteiger partial charge < -0.3 is 39.9 Å². The van der Waals surface area contributed by atoms with Gasteiger partial charge in [-0.2, -0.15) is 5.26 Å². The van der Waals surface area contributed by atoms with Crippen LogP contribution in [-0.4, -0.2) is 105 Å². The van der Waals surface area contributed by atoms with Crippen molar-refractivity contribution in [3.63, 3.8) is 0 Å². The average molecular weight is 602 g/mol. The molecule has 2 aliphatic heterocycles. The lowest BCUT2D eigenvalue weighted by Gasteiger charge is -2.37. The molecule has 3 aromatic rings. The molecule has 2 amide bonds. The van der Waals surface area contributed by atoms with Gasteiger partial charge in [0, 0.05) is 76.0 Å². The Balaban J connectivity index is 1.35. The Bertz CT molecular complexity index is 1520. The fourth-order valence-corrected chi connectivity index (χ4v) is 5.75. The second kappa shape index (κ2) is 14.2. The summed E-state index contributed by atoms with van der Waals surface area (Å²) in [6.45, 7) is 9.15. The first-order valence-corrected chi connectivity index (χ1v) is 15.1. The number of aromatic nitrogens is 1. The number of methoxy groups -OCH3 is 1. The molecule has 2 fully saturated rings. The summed E-state index contributed by atoms with van der Waals surface area (Å²) < 4.78 is 11.9. The molecule has 2 aliphatic rings. The highest BCUT2D eigenvalue weighted by Crippen LogP contribution is 2.39. The van der Waals surface area contributed by atoms with Crippen molar-refractivity contribution in [2.45, 2.75) is 19.8 Å². The number of carboxylic acids is 1. The maximum absolute atomic E-state index is 13.0. The lowest BCUT2D eigenvalue weighted by atomic mass is 10.0. The van der Waals surface area contributed by atoms with E-state index in [-0.39, 0.29) is 11.6 Å². The number of rotatable bonds is 10. The standard InChI is InChI=1S/C32H39N7O5/c1-3-25-29(31(40)41)30(38-14-16-39(17-15-38)32(42)35-23-7-5-22(21-33)6-8-23)24-19-27(43-2)28(20-26(24)36-25)44-18-4-11-37-12-9-34-10-13-37/h5-8,19-20,34H,3-4,9-18H2,1-2H3,(H,35,42)(H,40,41). The van der Waals surface area contributed by atoms with E-state index in [0.717, 1.165) is 39.1 Å². The summed E-state index contributed by atoms with van der Waals surface area (Å²) >= 11 is 0. The van der Waals surface area contributed by atoms with Crippen LogP contribution in [-0.2, 0) is 6.42 Å². The van der Waals surface area contributed by atoms with Crippen molar-refractivity contribution in [1.82, 2.24) is 20.1 Å². The largest absolute Gasteiger partial charge is 0.493 e. The summed E-state index contributed by atoms with van der Waals surface area (Å²) in [7, 11) is 1.58. The molecule has 2 aromatic carbocycles. The lowest BCUT2D eigenvalue weighted by molar-refractivity contribution is 0.0695. The van der Waals surface area contributed by atoms with Crippen LogP contribution in [0.1, 0.15) is 35.0 Å². The fourth-order valence-electron chi connectivity index (χ4n) is 5.75. The molecule has 2 saturated heterocycles. The number of carbonyl (C=O) groups is 2.